The Labute approximate surface area is 154 Å². The summed E-state index contributed by atoms with van der Waals surface area (Å²) in [5, 5.41) is 0. The number of esters is 1. The third-order valence-electron chi connectivity index (χ3n) is 4.21. The molecule has 0 N–H and O–H groups in total. The molecule has 0 aliphatic carbocycles. The van der Waals surface area contributed by atoms with Crippen LogP contribution >= 0.6 is 22.6 Å². The highest BCUT2D eigenvalue weighted by Gasteiger charge is 2.28. The Morgan fingerprint density at radius 2 is 1.88 bits per heavy atom. The zero-order chi connectivity index (χ0) is 17.1. The van der Waals surface area contributed by atoms with E-state index in [0.717, 1.165) is 27.7 Å². The number of benzene rings is 2. The SMILES string of the molecule is CC1CCc2ccccc2N1C(=O)COC(=O)c1ccccc1I. The molecule has 124 valence electrons. The largest absolute Gasteiger partial charge is 0.452 e. The summed E-state index contributed by atoms with van der Waals surface area (Å²) in [6.07, 6.45) is 1.87. The van der Waals surface area contributed by atoms with Crippen molar-refractivity contribution in [1.82, 2.24) is 0 Å². The van der Waals surface area contributed by atoms with Gasteiger partial charge in [0.2, 0.25) is 0 Å². The molecule has 0 spiro atoms. The second-order valence-electron chi connectivity index (χ2n) is 5.84. The number of fused-ring (bicyclic) bond motifs is 1. The number of para-hydroxylation sites is 1. The van der Waals surface area contributed by atoms with Crippen LogP contribution in [-0.4, -0.2) is 24.5 Å². The van der Waals surface area contributed by atoms with Crippen molar-refractivity contribution in [2.45, 2.75) is 25.8 Å². The molecular weight excluding hydrogens is 417 g/mol. The third-order valence-corrected chi connectivity index (χ3v) is 5.15. The van der Waals surface area contributed by atoms with E-state index in [-0.39, 0.29) is 18.6 Å². The number of halogens is 1. The molecule has 0 aromatic heterocycles. The molecule has 0 bridgehead atoms. The summed E-state index contributed by atoms with van der Waals surface area (Å²) < 4.78 is 6.06. The molecule has 4 nitrogen and oxygen atoms in total. The molecule has 5 heteroatoms. The minimum absolute atomic E-state index is 0.1000. The molecule has 1 unspecified atom stereocenters. The highest BCUT2D eigenvalue weighted by atomic mass is 127. The Hall–Kier alpha value is -1.89. The van der Waals surface area contributed by atoms with Crippen LogP contribution in [0.4, 0.5) is 5.69 Å². The zero-order valence-electron chi connectivity index (χ0n) is 13.4. The van der Waals surface area contributed by atoms with Gasteiger partial charge in [0, 0.05) is 15.3 Å². The molecule has 0 saturated carbocycles. The van der Waals surface area contributed by atoms with Crippen LogP contribution in [-0.2, 0) is 16.0 Å². The molecule has 1 aliphatic rings. The summed E-state index contributed by atoms with van der Waals surface area (Å²) in [6.45, 7) is 1.78. The Balaban J connectivity index is 1.71. The standard InChI is InChI=1S/C19H18INO3/c1-13-10-11-14-6-2-5-9-17(14)21(13)18(22)12-24-19(23)15-7-3-4-8-16(15)20/h2-9,13H,10-12H2,1H3. The molecule has 24 heavy (non-hydrogen) atoms. The van der Waals surface area contributed by atoms with Crippen molar-refractivity contribution in [3.05, 3.63) is 63.2 Å². The summed E-state index contributed by atoms with van der Waals surface area (Å²) in [5.74, 6) is -0.653. The number of aryl methyl sites for hydroxylation is 1. The maximum Gasteiger partial charge on any atom is 0.339 e. The van der Waals surface area contributed by atoms with Gasteiger partial charge in [-0.3, -0.25) is 4.79 Å². The Morgan fingerprint density at radius 1 is 1.17 bits per heavy atom. The van der Waals surface area contributed by atoms with E-state index in [0.29, 0.717) is 5.56 Å². The van der Waals surface area contributed by atoms with Crippen molar-refractivity contribution in [3.8, 4) is 0 Å². The lowest BCUT2D eigenvalue weighted by molar-refractivity contribution is -0.122. The topological polar surface area (TPSA) is 46.6 Å². The molecule has 1 heterocycles. The summed E-state index contributed by atoms with van der Waals surface area (Å²) in [6, 6.07) is 15.2. The number of hydrogen-bond donors (Lipinski definition) is 0. The first kappa shape index (κ1) is 17.0. The Kier molecular flexibility index (Phi) is 5.18. The summed E-state index contributed by atoms with van der Waals surface area (Å²) in [5.41, 5.74) is 2.57. The summed E-state index contributed by atoms with van der Waals surface area (Å²) >= 11 is 2.08. The van der Waals surface area contributed by atoms with Crippen LogP contribution in [0.3, 0.4) is 0 Å². The predicted octanol–water partition coefficient (Wildman–Crippen LogP) is 3.82. The van der Waals surface area contributed by atoms with Gasteiger partial charge in [0.15, 0.2) is 6.61 Å². The number of carbonyl (C=O) groups is 2. The van der Waals surface area contributed by atoms with Gasteiger partial charge in [-0.05, 0) is 66.1 Å². The highest BCUT2D eigenvalue weighted by molar-refractivity contribution is 14.1. The van der Waals surface area contributed by atoms with E-state index in [1.807, 2.05) is 43.3 Å². The third kappa shape index (κ3) is 3.45. The van der Waals surface area contributed by atoms with E-state index in [9.17, 15) is 9.59 Å². The van der Waals surface area contributed by atoms with E-state index < -0.39 is 5.97 Å². The number of carbonyl (C=O) groups excluding carboxylic acids is 2. The quantitative estimate of drug-likeness (QED) is 0.544. The molecule has 0 radical (unpaired) electrons. The first-order valence-electron chi connectivity index (χ1n) is 7.89. The van der Waals surface area contributed by atoms with E-state index in [1.54, 1.807) is 17.0 Å². The van der Waals surface area contributed by atoms with Gasteiger partial charge in [-0.2, -0.15) is 0 Å². The number of ether oxygens (including phenoxy) is 1. The lowest BCUT2D eigenvalue weighted by Gasteiger charge is -2.35. The smallest absolute Gasteiger partial charge is 0.339 e. The van der Waals surface area contributed by atoms with E-state index in [4.69, 9.17) is 4.74 Å². The molecule has 0 saturated heterocycles. The van der Waals surface area contributed by atoms with Crippen molar-refractivity contribution in [2.75, 3.05) is 11.5 Å². The van der Waals surface area contributed by atoms with Gasteiger partial charge in [0.1, 0.15) is 0 Å². The van der Waals surface area contributed by atoms with Gasteiger partial charge >= 0.3 is 5.97 Å². The fourth-order valence-corrected chi connectivity index (χ4v) is 3.58. The molecule has 0 fully saturated rings. The van der Waals surface area contributed by atoms with Crippen molar-refractivity contribution >= 4 is 40.2 Å². The molecule has 2 aromatic carbocycles. The Morgan fingerprint density at radius 3 is 2.67 bits per heavy atom. The van der Waals surface area contributed by atoms with Crippen LogP contribution in [0.15, 0.2) is 48.5 Å². The van der Waals surface area contributed by atoms with Crippen LogP contribution in [0.2, 0.25) is 0 Å². The van der Waals surface area contributed by atoms with Gasteiger partial charge in [-0.25, -0.2) is 4.79 Å². The van der Waals surface area contributed by atoms with Gasteiger partial charge in [0.25, 0.3) is 5.91 Å². The van der Waals surface area contributed by atoms with Crippen molar-refractivity contribution < 1.29 is 14.3 Å². The number of nitrogens with zero attached hydrogens (tertiary/aromatic N) is 1. The van der Waals surface area contributed by atoms with Crippen LogP contribution in [0.25, 0.3) is 0 Å². The number of amides is 1. The van der Waals surface area contributed by atoms with Gasteiger partial charge in [-0.15, -0.1) is 0 Å². The van der Waals surface area contributed by atoms with E-state index in [1.165, 1.54) is 0 Å². The molecule has 3 rings (SSSR count). The maximum atomic E-state index is 12.6. The number of anilines is 1. The number of rotatable bonds is 3. The number of hydrogen-bond acceptors (Lipinski definition) is 3. The van der Waals surface area contributed by atoms with Crippen molar-refractivity contribution in [3.63, 3.8) is 0 Å². The minimum Gasteiger partial charge on any atom is -0.452 e. The minimum atomic E-state index is -0.466. The summed E-state index contributed by atoms with van der Waals surface area (Å²) in [4.78, 5) is 26.6. The lowest BCUT2D eigenvalue weighted by atomic mass is 9.96. The predicted molar refractivity (Wildman–Crippen MR) is 101 cm³/mol. The van der Waals surface area contributed by atoms with E-state index >= 15 is 0 Å². The lowest BCUT2D eigenvalue weighted by Crippen LogP contribution is -2.44. The second kappa shape index (κ2) is 7.34. The van der Waals surface area contributed by atoms with Gasteiger partial charge < -0.3 is 9.64 Å². The van der Waals surface area contributed by atoms with Crippen LogP contribution in [0.1, 0.15) is 29.3 Å². The fourth-order valence-electron chi connectivity index (χ4n) is 2.97. The molecule has 2 aromatic rings. The average Bonchev–Trinajstić information content (AvgIpc) is 2.59. The molecular formula is C19H18INO3. The monoisotopic (exact) mass is 435 g/mol. The normalized spacial score (nSPS) is 16.4. The summed E-state index contributed by atoms with van der Waals surface area (Å²) in [7, 11) is 0. The van der Waals surface area contributed by atoms with Crippen LogP contribution < -0.4 is 4.90 Å². The maximum absolute atomic E-state index is 12.6. The Bertz CT molecular complexity index is 775. The first-order valence-corrected chi connectivity index (χ1v) is 8.97. The van der Waals surface area contributed by atoms with Gasteiger partial charge in [-0.1, -0.05) is 30.3 Å². The zero-order valence-corrected chi connectivity index (χ0v) is 15.5. The first-order chi connectivity index (χ1) is 11.6. The molecule has 1 aliphatic heterocycles. The van der Waals surface area contributed by atoms with E-state index in [2.05, 4.69) is 22.6 Å². The molecule has 1 atom stereocenters. The highest BCUT2D eigenvalue weighted by Crippen LogP contribution is 2.30. The van der Waals surface area contributed by atoms with Crippen molar-refractivity contribution in [2.24, 2.45) is 0 Å². The fraction of sp³-hybridized carbons (Fsp3) is 0.263. The van der Waals surface area contributed by atoms with Crippen LogP contribution in [0.5, 0.6) is 0 Å². The van der Waals surface area contributed by atoms with Gasteiger partial charge in [0.05, 0.1) is 5.56 Å². The van der Waals surface area contributed by atoms with Crippen molar-refractivity contribution in [1.29, 1.82) is 0 Å². The molecule has 1 amide bonds. The van der Waals surface area contributed by atoms with Crippen LogP contribution in [0, 0.1) is 3.57 Å². The second-order valence-corrected chi connectivity index (χ2v) is 7.00. The average molecular weight is 435 g/mol.